The van der Waals surface area contributed by atoms with E-state index >= 15 is 0 Å². The highest BCUT2D eigenvalue weighted by molar-refractivity contribution is 7.89. The van der Waals surface area contributed by atoms with Crippen molar-refractivity contribution in [1.82, 2.24) is 14.5 Å². The molecule has 9 heteroatoms. The number of benzene rings is 3. The first kappa shape index (κ1) is 22.3. The lowest BCUT2D eigenvalue weighted by Crippen LogP contribution is -2.36. The molecule has 0 saturated heterocycles. The lowest BCUT2D eigenvalue weighted by atomic mass is 10.0. The van der Waals surface area contributed by atoms with Gasteiger partial charge in [-0.05, 0) is 53.9 Å². The molecule has 0 saturated carbocycles. The molecule has 4 aromatic rings. The maximum Gasteiger partial charge on any atom is 0.257 e. The molecule has 0 atom stereocenters. The van der Waals surface area contributed by atoms with Gasteiger partial charge in [-0.1, -0.05) is 48.0 Å². The molecular formula is C25H21ClN4O3S. The molecule has 172 valence electrons. The zero-order valence-electron chi connectivity index (χ0n) is 18.0. The van der Waals surface area contributed by atoms with Crippen molar-refractivity contribution in [1.29, 1.82) is 0 Å². The normalized spacial score (nSPS) is 13.9. The number of fused-ring (bicyclic) bond motifs is 1. The maximum atomic E-state index is 13.4. The Balaban J connectivity index is 1.40. The standard InChI is InChI=1S/C25H21ClN4O3S/c26-23-9-8-21(34(32,33)30-13-11-17-4-1-2-5-19(17)16-30)15-22(23)25(31)28-20-7-3-6-18(14-20)24-10-12-27-29-24/h1-10,12,14-15H,11,13,16H2,(H,27,29)(H,28,31). The third kappa shape index (κ3) is 4.35. The number of halogens is 1. The molecule has 0 fully saturated rings. The molecule has 34 heavy (non-hydrogen) atoms. The Morgan fingerprint density at radius 2 is 1.82 bits per heavy atom. The molecule has 0 bridgehead atoms. The number of carbonyl (C=O) groups excluding carboxylic acids is 1. The second-order valence-corrected chi connectivity index (χ2v) is 10.3. The number of nitrogens with one attached hydrogen (secondary N) is 2. The van der Waals surface area contributed by atoms with Crippen molar-refractivity contribution in [3.8, 4) is 11.3 Å². The van der Waals surface area contributed by atoms with Crippen LogP contribution in [0.1, 0.15) is 21.5 Å². The number of sulfonamides is 1. The third-order valence-electron chi connectivity index (χ3n) is 5.85. The molecule has 3 aromatic carbocycles. The highest BCUT2D eigenvalue weighted by Gasteiger charge is 2.29. The Morgan fingerprint density at radius 3 is 2.62 bits per heavy atom. The smallest absolute Gasteiger partial charge is 0.257 e. The molecule has 2 heterocycles. The minimum absolute atomic E-state index is 0.0349. The van der Waals surface area contributed by atoms with Crippen molar-refractivity contribution in [2.45, 2.75) is 17.9 Å². The van der Waals surface area contributed by atoms with Crippen molar-refractivity contribution in [3.05, 3.63) is 101 Å². The van der Waals surface area contributed by atoms with Crippen LogP contribution in [0.15, 0.2) is 83.9 Å². The molecular weight excluding hydrogens is 472 g/mol. The molecule has 0 radical (unpaired) electrons. The van der Waals surface area contributed by atoms with Crippen molar-refractivity contribution in [3.63, 3.8) is 0 Å². The molecule has 2 N–H and O–H groups in total. The molecule has 7 nitrogen and oxygen atoms in total. The summed E-state index contributed by atoms with van der Waals surface area (Å²) in [6.45, 7) is 0.674. The van der Waals surface area contributed by atoms with Crippen molar-refractivity contribution >= 4 is 33.2 Å². The summed E-state index contributed by atoms with van der Waals surface area (Å²) in [4.78, 5) is 13.1. The zero-order chi connectivity index (χ0) is 23.7. The van der Waals surface area contributed by atoms with Crippen LogP contribution in [-0.2, 0) is 23.0 Å². The molecule has 5 rings (SSSR count). The van der Waals surface area contributed by atoms with Crippen molar-refractivity contribution in [2.24, 2.45) is 0 Å². The number of nitrogens with zero attached hydrogens (tertiary/aromatic N) is 2. The maximum absolute atomic E-state index is 13.4. The number of aromatic amines is 1. The molecule has 1 aliphatic heterocycles. The first-order valence-electron chi connectivity index (χ1n) is 10.7. The number of rotatable bonds is 5. The van der Waals surface area contributed by atoms with E-state index in [1.165, 1.54) is 22.5 Å². The highest BCUT2D eigenvalue weighted by Crippen LogP contribution is 2.28. The van der Waals surface area contributed by atoms with E-state index in [4.69, 9.17) is 11.6 Å². The van der Waals surface area contributed by atoms with Crippen LogP contribution in [0.2, 0.25) is 5.02 Å². The summed E-state index contributed by atoms with van der Waals surface area (Å²) in [6, 6.07) is 21.1. The fourth-order valence-electron chi connectivity index (χ4n) is 4.04. The fraction of sp³-hybridized carbons (Fsp3) is 0.120. The number of H-pyrrole nitrogens is 1. The lowest BCUT2D eigenvalue weighted by Gasteiger charge is -2.28. The Labute approximate surface area is 202 Å². The van der Waals surface area contributed by atoms with Crippen LogP contribution < -0.4 is 5.32 Å². The second kappa shape index (κ2) is 9.06. The van der Waals surface area contributed by atoms with E-state index in [1.807, 2.05) is 42.5 Å². The van der Waals surface area contributed by atoms with Gasteiger partial charge in [0, 0.05) is 30.5 Å². The van der Waals surface area contributed by atoms with Gasteiger partial charge in [0.15, 0.2) is 0 Å². The lowest BCUT2D eigenvalue weighted by molar-refractivity contribution is 0.102. The molecule has 0 spiro atoms. The van der Waals surface area contributed by atoms with Crippen LogP contribution in [0.3, 0.4) is 0 Å². The third-order valence-corrected chi connectivity index (χ3v) is 8.02. The fourth-order valence-corrected chi connectivity index (χ4v) is 5.69. The van der Waals surface area contributed by atoms with E-state index in [0.29, 0.717) is 25.2 Å². The van der Waals surface area contributed by atoms with E-state index in [1.54, 1.807) is 18.3 Å². The predicted molar refractivity (Wildman–Crippen MR) is 131 cm³/mol. The molecule has 1 aliphatic rings. The van der Waals surface area contributed by atoms with Gasteiger partial charge in [-0.25, -0.2) is 8.42 Å². The van der Waals surface area contributed by atoms with Gasteiger partial charge in [0.25, 0.3) is 5.91 Å². The number of amides is 1. The molecule has 1 amide bonds. The SMILES string of the molecule is O=C(Nc1cccc(-c2ccn[nH]2)c1)c1cc(S(=O)(=O)N2CCc3ccccc3C2)ccc1Cl. The van der Waals surface area contributed by atoms with Crippen LogP contribution in [0.25, 0.3) is 11.3 Å². The van der Waals surface area contributed by atoms with Crippen LogP contribution in [-0.4, -0.2) is 35.4 Å². The Kier molecular flexibility index (Phi) is 5.95. The van der Waals surface area contributed by atoms with Crippen LogP contribution >= 0.6 is 11.6 Å². The predicted octanol–water partition coefficient (Wildman–Crippen LogP) is 4.73. The summed E-state index contributed by atoms with van der Waals surface area (Å²) in [5.41, 5.74) is 4.44. The molecule has 1 aromatic heterocycles. The largest absolute Gasteiger partial charge is 0.322 e. The number of carbonyl (C=O) groups is 1. The summed E-state index contributed by atoms with van der Waals surface area (Å²) in [6.07, 6.45) is 2.29. The summed E-state index contributed by atoms with van der Waals surface area (Å²) in [5, 5.41) is 9.80. The van der Waals surface area contributed by atoms with Crippen LogP contribution in [0, 0.1) is 0 Å². The summed E-state index contributed by atoms with van der Waals surface area (Å²) in [5.74, 6) is -0.493. The first-order chi connectivity index (χ1) is 16.4. The minimum atomic E-state index is -3.80. The number of anilines is 1. The van der Waals surface area contributed by atoms with E-state index in [9.17, 15) is 13.2 Å². The Morgan fingerprint density at radius 1 is 1.00 bits per heavy atom. The molecule has 0 unspecified atom stereocenters. The number of aromatic nitrogens is 2. The quantitative estimate of drug-likeness (QED) is 0.421. The average molecular weight is 493 g/mol. The highest BCUT2D eigenvalue weighted by atomic mass is 35.5. The summed E-state index contributed by atoms with van der Waals surface area (Å²) >= 11 is 6.29. The summed E-state index contributed by atoms with van der Waals surface area (Å²) < 4.78 is 28.2. The van der Waals surface area contributed by atoms with Gasteiger partial charge in [-0.3, -0.25) is 9.89 Å². The number of hydrogen-bond acceptors (Lipinski definition) is 4. The van der Waals surface area contributed by atoms with Crippen molar-refractivity contribution in [2.75, 3.05) is 11.9 Å². The van der Waals surface area contributed by atoms with E-state index < -0.39 is 15.9 Å². The van der Waals surface area contributed by atoms with Crippen LogP contribution in [0.4, 0.5) is 5.69 Å². The topological polar surface area (TPSA) is 95.2 Å². The van der Waals surface area contributed by atoms with Gasteiger partial charge >= 0.3 is 0 Å². The van der Waals surface area contributed by atoms with Gasteiger partial charge in [-0.2, -0.15) is 9.40 Å². The average Bonchev–Trinajstić information content (AvgIpc) is 3.39. The van der Waals surface area contributed by atoms with Crippen LogP contribution in [0.5, 0.6) is 0 Å². The monoisotopic (exact) mass is 492 g/mol. The van der Waals surface area contributed by atoms with Crippen molar-refractivity contribution < 1.29 is 13.2 Å². The van der Waals surface area contributed by atoms with Gasteiger partial charge in [0.1, 0.15) is 0 Å². The first-order valence-corrected chi connectivity index (χ1v) is 12.5. The van der Waals surface area contributed by atoms with Gasteiger partial charge in [0.05, 0.1) is 21.2 Å². The minimum Gasteiger partial charge on any atom is -0.322 e. The zero-order valence-corrected chi connectivity index (χ0v) is 19.6. The Hall–Kier alpha value is -3.46. The van der Waals surface area contributed by atoms with Gasteiger partial charge in [-0.15, -0.1) is 0 Å². The second-order valence-electron chi connectivity index (χ2n) is 8.00. The Bertz CT molecular complexity index is 1470. The van der Waals surface area contributed by atoms with E-state index in [0.717, 1.165) is 22.4 Å². The molecule has 0 aliphatic carbocycles. The van der Waals surface area contributed by atoms with E-state index in [-0.39, 0.29) is 15.5 Å². The summed E-state index contributed by atoms with van der Waals surface area (Å²) in [7, 11) is -3.80. The van der Waals surface area contributed by atoms with Gasteiger partial charge in [0.2, 0.25) is 10.0 Å². The van der Waals surface area contributed by atoms with Gasteiger partial charge < -0.3 is 5.32 Å². The number of hydrogen-bond donors (Lipinski definition) is 2. The van der Waals surface area contributed by atoms with E-state index in [2.05, 4.69) is 15.5 Å².